The van der Waals surface area contributed by atoms with E-state index < -0.39 is 12.1 Å². The molecule has 0 aliphatic carbocycles. The molecule has 5 heteroatoms. The predicted octanol–water partition coefficient (Wildman–Crippen LogP) is 1.90. The molecule has 1 amide bonds. The molecule has 0 saturated heterocycles. The zero-order valence-electron chi connectivity index (χ0n) is 13.1. The number of hydrogen-bond donors (Lipinski definition) is 2. The molecule has 0 unspecified atom stereocenters. The number of alkyl carbamates (subject to hydrolysis) is 1. The van der Waals surface area contributed by atoms with Crippen molar-refractivity contribution < 1.29 is 14.3 Å². The van der Waals surface area contributed by atoms with Gasteiger partial charge in [-0.1, -0.05) is 38.1 Å². The van der Waals surface area contributed by atoms with E-state index >= 15 is 0 Å². The summed E-state index contributed by atoms with van der Waals surface area (Å²) in [6.45, 7) is 4.45. The third-order valence-corrected chi connectivity index (χ3v) is 3.23. The summed E-state index contributed by atoms with van der Waals surface area (Å²) in [5.41, 5.74) is 2.18. The number of Topliss-reactive ketones (excluding diaryl/α,β-unsaturated/α-hetero) is 1. The molecule has 5 nitrogen and oxygen atoms in total. The molecule has 0 aliphatic rings. The lowest BCUT2D eigenvalue weighted by molar-refractivity contribution is -0.123. The van der Waals surface area contributed by atoms with E-state index in [4.69, 9.17) is 0 Å². The highest BCUT2D eigenvalue weighted by Gasteiger charge is 2.23. The maximum Gasteiger partial charge on any atom is 0.407 e. The SMILES string of the molecule is CNCc1ccc(C[C@H](NC(=O)OC)C(=O)C(C)C)cc1. The third kappa shape index (κ3) is 5.55. The molecule has 1 aromatic carbocycles. The van der Waals surface area contributed by atoms with E-state index in [1.54, 1.807) is 0 Å². The van der Waals surface area contributed by atoms with Gasteiger partial charge in [-0.2, -0.15) is 0 Å². The summed E-state index contributed by atoms with van der Waals surface area (Å²) in [5, 5.41) is 5.70. The Kier molecular flexibility index (Phi) is 6.88. The molecule has 0 fully saturated rings. The largest absolute Gasteiger partial charge is 0.453 e. The number of ketones is 1. The number of ether oxygens (including phenoxy) is 1. The normalized spacial score (nSPS) is 12.0. The van der Waals surface area contributed by atoms with Crippen LogP contribution in [0.3, 0.4) is 0 Å². The van der Waals surface area contributed by atoms with Gasteiger partial charge >= 0.3 is 6.09 Å². The summed E-state index contributed by atoms with van der Waals surface area (Å²) in [7, 11) is 3.18. The smallest absolute Gasteiger partial charge is 0.407 e. The second kappa shape index (κ2) is 8.42. The zero-order valence-corrected chi connectivity index (χ0v) is 13.1. The van der Waals surface area contributed by atoms with Crippen molar-refractivity contribution in [3.8, 4) is 0 Å². The number of nitrogens with one attached hydrogen (secondary N) is 2. The second-order valence-corrected chi connectivity index (χ2v) is 5.30. The van der Waals surface area contributed by atoms with Gasteiger partial charge in [0.2, 0.25) is 0 Å². The zero-order chi connectivity index (χ0) is 15.8. The summed E-state index contributed by atoms with van der Waals surface area (Å²) in [5.74, 6) is -0.143. The van der Waals surface area contributed by atoms with Gasteiger partial charge in [-0.3, -0.25) is 4.79 Å². The van der Waals surface area contributed by atoms with Crippen LogP contribution in [0.25, 0.3) is 0 Å². The van der Waals surface area contributed by atoms with Crippen LogP contribution in [0.2, 0.25) is 0 Å². The van der Waals surface area contributed by atoms with Gasteiger partial charge in [-0.05, 0) is 24.6 Å². The summed E-state index contributed by atoms with van der Waals surface area (Å²) < 4.78 is 4.59. The Labute approximate surface area is 126 Å². The van der Waals surface area contributed by atoms with Crippen molar-refractivity contribution in [1.29, 1.82) is 0 Å². The van der Waals surface area contributed by atoms with Gasteiger partial charge < -0.3 is 15.4 Å². The lowest BCUT2D eigenvalue weighted by Gasteiger charge is -2.19. The monoisotopic (exact) mass is 292 g/mol. The van der Waals surface area contributed by atoms with Gasteiger partial charge in [-0.15, -0.1) is 0 Å². The van der Waals surface area contributed by atoms with Crippen molar-refractivity contribution >= 4 is 11.9 Å². The van der Waals surface area contributed by atoms with Gasteiger partial charge in [-0.25, -0.2) is 4.79 Å². The minimum Gasteiger partial charge on any atom is -0.453 e. The fourth-order valence-electron chi connectivity index (χ4n) is 2.06. The summed E-state index contributed by atoms with van der Waals surface area (Å²) in [6, 6.07) is 7.42. The first-order valence-electron chi connectivity index (χ1n) is 7.08. The number of carbonyl (C=O) groups is 2. The van der Waals surface area contributed by atoms with Crippen molar-refractivity contribution in [1.82, 2.24) is 10.6 Å². The average Bonchev–Trinajstić information content (AvgIpc) is 2.47. The third-order valence-electron chi connectivity index (χ3n) is 3.23. The van der Waals surface area contributed by atoms with E-state index in [0.717, 1.165) is 12.1 Å². The fourth-order valence-corrected chi connectivity index (χ4v) is 2.06. The molecule has 0 heterocycles. The van der Waals surface area contributed by atoms with Crippen LogP contribution in [-0.4, -0.2) is 32.1 Å². The van der Waals surface area contributed by atoms with Crippen molar-refractivity contribution in [2.45, 2.75) is 32.9 Å². The molecule has 116 valence electrons. The van der Waals surface area contributed by atoms with Gasteiger partial charge in [0.1, 0.15) is 0 Å². The molecule has 0 bridgehead atoms. The van der Waals surface area contributed by atoms with E-state index in [-0.39, 0.29) is 11.7 Å². The van der Waals surface area contributed by atoms with Crippen LogP contribution < -0.4 is 10.6 Å². The molecule has 0 aliphatic heterocycles. The van der Waals surface area contributed by atoms with Crippen LogP contribution >= 0.6 is 0 Å². The molecule has 0 aromatic heterocycles. The van der Waals surface area contributed by atoms with E-state index in [1.165, 1.54) is 12.7 Å². The number of benzene rings is 1. The summed E-state index contributed by atoms with van der Waals surface area (Å²) >= 11 is 0. The Morgan fingerprint density at radius 3 is 2.19 bits per heavy atom. The molecular formula is C16H24N2O3. The van der Waals surface area contributed by atoms with E-state index in [0.29, 0.717) is 6.42 Å². The lowest BCUT2D eigenvalue weighted by Crippen LogP contribution is -2.44. The molecule has 1 rings (SSSR count). The minimum absolute atomic E-state index is 0.000276. The lowest BCUT2D eigenvalue weighted by atomic mass is 9.95. The van der Waals surface area contributed by atoms with Crippen LogP contribution in [0.4, 0.5) is 4.79 Å². The Morgan fingerprint density at radius 2 is 1.71 bits per heavy atom. The summed E-state index contributed by atoms with van der Waals surface area (Å²) in [6.07, 6.45) is -0.118. The highest BCUT2D eigenvalue weighted by atomic mass is 16.5. The molecule has 0 saturated carbocycles. The van der Waals surface area contributed by atoms with Crippen molar-refractivity contribution in [3.05, 3.63) is 35.4 Å². The Bertz CT molecular complexity index is 469. The van der Waals surface area contributed by atoms with Crippen LogP contribution in [0, 0.1) is 5.92 Å². The first-order valence-corrected chi connectivity index (χ1v) is 7.08. The van der Waals surface area contributed by atoms with Crippen molar-refractivity contribution in [2.24, 2.45) is 5.92 Å². The Morgan fingerprint density at radius 1 is 1.14 bits per heavy atom. The topological polar surface area (TPSA) is 67.4 Å². The van der Waals surface area contributed by atoms with E-state index in [2.05, 4.69) is 15.4 Å². The maximum atomic E-state index is 12.2. The average molecular weight is 292 g/mol. The minimum atomic E-state index is -0.583. The Balaban J connectivity index is 2.79. The first-order chi connectivity index (χ1) is 9.97. The van der Waals surface area contributed by atoms with Gasteiger partial charge in [0.25, 0.3) is 0 Å². The maximum absolute atomic E-state index is 12.2. The van der Waals surface area contributed by atoms with Crippen LogP contribution in [0.1, 0.15) is 25.0 Å². The number of rotatable bonds is 7. The molecule has 0 radical (unpaired) electrons. The van der Waals surface area contributed by atoms with Gasteiger partial charge in [0.05, 0.1) is 13.2 Å². The Hall–Kier alpha value is -1.88. The quantitative estimate of drug-likeness (QED) is 0.805. The highest BCUT2D eigenvalue weighted by molar-refractivity contribution is 5.89. The molecule has 21 heavy (non-hydrogen) atoms. The van der Waals surface area contributed by atoms with Gasteiger partial charge in [0, 0.05) is 12.5 Å². The fraction of sp³-hybridized carbons (Fsp3) is 0.500. The first kappa shape index (κ1) is 17.2. The van der Waals surface area contributed by atoms with Crippen LogP contribution in [-0.2, 0) is 22.5 Å². The second-order valence-electron chi connectivity index (χ2n) is 5.30. The number of amides is 1. The molecule has 0 spiro atoms. The van der Waals surface area contributed by atoms with E-state index in [1.807, 2.05) is 45.2 Å². The molecular weight excluding hydrogens is 268 g/mol. The number of hydrogen-bond acceptors (Lipinski definition) is 4. The standard InChI is InChI=1S/C16H24N2O3/c1-11(2)15(19)14(18-16(20)21-4)9-12-5-7-13(8-6-12)10-17-3/h5-8,11,14,17H,9-10H2,1-4H3,(H,18,20)/t14-/m0/s1. The van der Waals surface area contributed by atoms with Crippen LogP contribution in [0.15, 0.2) is 24.3 Å². The highest BCUT2D eigenvalue weighted by Crippen LogP contribution is 2.10. The molecule has 1 aromatic rings. The number of carbonyl (C=O) groups excluding carboxylic acids is 2. The molecule has 1 atom stereocenters. The van der Waals surface area contributed by atoms with Crippen LogP contribution in [0.5, 0.6) is 0 Å². The van der Waals surface area contributed by atoms with E-state index in [9.17, 15) is 9.59 Å². The van der Waals surface area contributed by atoms with Crippen molar-refractivity contribution in [3.63, 3.8) is 0 Å². The summed E-state index contributed by atoms with van der Waals surface area (Å²) in [4.78, 5) is 23.6. The predicted molar refractivity (Wildman–Crippen MR) is 82.1 cm³/mol. The van der Waals surface area contributed by atoms with Gasteiger partial charge in [0.15, 0.2) is 5.78 Å². The molecule has 2 N–H and O–H groups in total. The number of methoxy groups -OCH3 is 1. The van der Waals surface area contributed by atoms with Crippen molar-refractivity contribution in [2.75, 3.05) is 14.2 Å².